The molecule has 0 aromatic carbocycles. The highest BCUT2D eigenvalue weighted by Gasteiger charge is 2.19. The minimum Gasteiger partial charge on any atom is -0.480 e. The highest BCUT2D eigenvalue weighted by molar-refractivity contribution is 7.98. The Labute approximate surface area is 115 Å². The molecule has 0 unspecified atom stereocenters. The van der Waals surface area contributed by atoms with E-state index in [1.807, 2.05) is 6.26 Å². The van der Waals surface area contributed by atoms with E-state index in [4.69, 9.17) is 5.11 Å². The second kappa shape index (κ2) is 7.67. The average molecular weight is 286 g/mol. The van der Waals surface area contributed by atoms with E-state index in [0.717, 1.165) is 0 Å². The Morgan fingerprint density at radius 1 is 1.58 bits per heavy atom. The van der Waals surface area contributed by atoms with Crippen LogP contribution in [0, 0.1) is 0 Å². The van der Waals surface area contributed by atoms with Gasteiger partial charge in [-0.1, -0.05) is 0 Å². The standard InChI is InChI=1S/C11H18N4O3S/c1-15-5-3-8(14-15)7-12-11(18)13-9(10(16)17)4-6-19-2/h3,5,9H,4,6-7H2,1-2H3,(H,16,17)(H2,12,13,18)/t9-/m1/s1. The minimum atomic E-state index is -1.03. The summed E-state index contributed by atoms with van der Waals surface area (Å²) in [6.45, 7) is 0.265. The van der Waals surface area contributed by atoms with Gasteiger partial charge in [-0.05, 0) is 24.5 Å². The van der Waals surface area contributed by atoms with Crippen molar-refractivity contribution in [3.8, 4) is 0 Å². The number of rotatable bonds is 7. The summed E-state index contributed by atoms with van der Waals surface area (Å²) in [5, 5.41) is 18.1. The molecule has 0 saturated heterocycles. The molecule has 3 N–H and O–H groups in total. The van der Waals surface area contributed by atoms with Crippen molar-refractivity contribution in [2.75, 3.05) is 12.0 Å². The third-order valence-corrected chi connectivity index (χ3v) is 3.06. The van der Waals surface area contributed by atoms with Gasteiger partial charge in [0.05, 0.1) is 12.2 Å². The maximum absolute atomic E-state index is 11.6. The number of aliphatic carboxylic acids is 1. The molecule has 1 rings (SSSR count). The summed E-state index contributed by atoms with van der Waals surface area (Å²) < 4.78 is 1.63. The number of nitrogens with zero attached hydrogens (tertiary/aromatic N) is 2. The molecular formula is C11H18N4O3S. The third kappa shape index (κ3) is 5.64. The molecule has 2 amide bonds. The predicted octanol–water partition coefficient (Wildman–Crippen LogP) is 0.426. The highest BCUT2D eigenvalue weighted by atomic mass is 32.2. The first-order valence-electron chi connectivity index (χ1n) is 5.77. The number of hydrogen-bond donors (Lipinski definition) is 3. The molecule has 1 aromatic heterocycles. The number of carbonyl (C=O) groups excluding carboxylic acids is 1. The van der Waals surface area contributed by atoms with Crippen molar-refractivity contribution >= 4 is 23.8 Å². The molecule has 7 nitrogen and oxygen atoms in total. The first kappa shape index (κ1) is 15.4. The van der Waals surface area contributed by atoms with Gasteiger partial charge >= 0.3 is 12.0 Å². The fraction of sp³-hybridized carbons (Fsp3) is 0.545. The van der Waals surface area contributed by atoms with Gasteiger partial charge in [-0.15, -0.1) is 0 Å². The molecule has 0 radical (unpaired) electrons. The Hall–Kier alpha value is -1.70. The van der Waals surface area contributed by atoms with Crippen molar-refractivity contribution in [1.82, 2.24) is 20.4 Å². The molecule has 0 aliphatic carbocycles. The van der Waals surface area contributed by atoms with Crippen LogP contribution >= 0.6 is 11.8 Å². The van der Waals surface area contributed by atoms with Gasteiger partial charge in [-0.3, -0.25) is 4.68 Å². The predicted molar refractivity (Wildman–Crippen MR) is 73.0 cm³/mol. The van der Waals surface area contributed by atoms with Crippen molar-refractivity contribution in [3.63, 3.8) is 0 Å². The van der Waals surface area contributed by atoms with Crippen LogP contribution in [0.2, 0.25) is 0 Å². The lowest BCUT2D eigenvalue weighted by molar-refractivity contribution is -0.139. The number of aromatic nitrogens is 2. The van der Waals surface area contributed by atoms with Crippen LogP contribution in [0.25, 0.3) is 0 Å². The number of amides is 2. The summed E-state index contributed by atoms with van der Waals surface area (Å²) in [5.74, 6) is -0.348. The Morgan fingerprint density at radius 2 is 2.32 bits per heavy atom. The Bertz CT molecular complexity index is 435. The van der Waals surface area contributed by atoms with Crippen LogP contribution in [-0.2, 0) is 18.4 Å². The Morgan fingerprint density at radius 3 is 2.84 bits per heavy atom. The number of aryl methyl sites for hydroxylation is 1. The quantitative estimate of drug-likeness (QED) is 0.675. The van der Waals surface area contributed by atoms with Crippen LogP contribution in [0.1, 0.15) is 12.1 Å². The zero-order valence-electron chi connectivity index (χ0n) is 10.9. The van der Waals surface area contributed by atoms with Gasteiger partial charge in [0.2, 0.25) is 0 Å². The van der Waals surface area contributed by atoms with Gasteiger partial charge in [-0.25, -0.2) is 9.59 Å². The second-order valence-electron chi connectivity index (χ2n) is 3.98. The van der Waals surface area contributed by atoms with Crippen LogP contribution in [0.4, 0.5) is 4.79 Å². The molecule has 0 aliphatic rings. The minimum absolute atomic E-state index is 0.265. The van der Waals surface area contributed by atoms with E-state index in [1.54, 1.807) is 24.0 Å². The normalized spacial score (nSPS) is 11.9. The van der Waals surface area contributed by atoms with Crippen molar-refractivity contribution in [1.29, 1.82) is 0 Å². The molecule has 1 heterocycles. The zero-order valence-corrected chi connectivity index (χ0v) is 11.7. The number of hydrogen-bond acceptors (Lipinski definition) is 4. The van der Waals surface area contributed by atoms with Gasteiger partial charge in [0.1, 0.15) is 6.04 Å². The van der Waals surface area contributed by atoms with E-state index < -0.39 is 18.0 Å². The number of thioether (sulfide) groups is 1. The summed E-state index contributed by atoms with van der Waals surface area (Å²) in [4.78, 5) is 22.5. The summed E-state index contributed by atoms with van der Waals surface area (Å²) >= 11 is 1.54. The van der Waals surface area contributed by atoms with E-state index in [0.29, 0.717) is 17.9 Å². The van der Waals surface area contributed by atoms with E-state index in [9.17, 15) is 9.59 Å². The van der Waals surface area contributed by atoms with Crippen LogP contribution in [0.5, 0.6) is 0 Å². The lowest BCUT2D eigenvalue weighted by Crippen LogP contribution is -2.46. The largest absolute Gasteiger partial charge is 0.480 e. The van der Waals surface area contributed by atoms with Gasteiger partial charge in [0, 0.05) is 13.2 Å². The van der Waals surface area contributed by atoms with Crippen molar-refractivity contribution in [2.45, 2.75) is 19.0 Å². The fourth-order valence-electron chi connectivity index (χ4n) is 1.43. The van der Waals surface area contributed by atoms with Crippen molar-refractivity contribution < 1.29 is 14.7 Å². The maximum Gasteiger partial charge on any atom is 0.326 e. The molecule has 1 aromatic rings. The topological polar surface area (TPSA) is 96.3 Å². The molecule has 106 valence electrons. The van der Waals surface area contributed by atoms with Crippen LogP contribution in [0.3, 0.4) is 0 Å². The van der Waals surface area contributed by atoms with Gasteiger partial charge < -0.3 is 15.7 Å². The highest BCUT2D eigenvalue weighted by Crippen LogP contribution is 2.01. The molecule has 0 spiro atoms. The molecule has 8 heteroatoms. The van der Waals surface area contributed by atoms with E-state index in [1.165, 1.54) is 11.8 Å². The monoisotopic (exact) mass is 286 g/mol. The number of nitrogens with one attached hydrogen (secondary N) is 2. The van der Waals surface area contributed by atoms with Crippen LogP contribution in [-0.4, -0.2) is 44.9 Å². The molecule has 1 atom stereocenters. The molecule has 19 heavy (non-hydrogen) atoms. The van der Waals surface area contributed by atoms with E-state index in [-0.39, 0.29) is 6.54 Å². The Kier molecular flexibility index (Phi) is 6.20. The summed E-state index contributed by atoms with van der Waals surface area (Å²) in [6, 6.07) is 0.415. The summed E-state index contributed by atoms with van der Waals surface area (Å²) in [5.41, 5.74) is 0.716. The van der Waals surface area contributed by atoms with Crippen LogP contribution < -0.4 is 10.6 Å². The molecule has 0 saturated carbocycles. The Balaban J connectivity index is 2.37. The van der Waals surface area contributed by atoms with E-state index >= 15 is 0 Å². The smallest absolute Gasteiger partial charge is 0.326 e. The van der Waals surface area contributed by atoms with Crippen LogP contribution in [0.15, 0.2) is 12.3 Å². The SMILES string of the molecule is CSCC[C@@H](NC(=O)NCc1ccn(C)n1)C(=O)O. The molecule has 0 bridgehead atoms. The zero-order chi connectivity index (χ0) is 14.3. The van der Waals surface area contributed by atoms with E-state index in [2.05, 4.69) is 15.7 Å². The number of urea groups is 1. The van der Waals surface area contributed by atoms with Crippen molar-refractivity contribution in [2.24, 2.45) is 7.05 Å². The molecule has 0 fully saturated rings. The summed E-state index contributed by atoms with van der Waals surface area (Å²) in [7, 11) is 1.78. The number of carbonyl (C=O) groups is 2. The van der Waals surface area contributed by atoms with Crippen molar-refractivity contribution in [3.05, 3.63) is 18.0 Å². The number of carboxylic acids is 1. The van der Waals surface area contributed by atoms with Gasteiger partial charge in [0.25, 0.3) is 0 Å². The third-order valence-electron chi connectivity index (χ3n) is 2.41. The average Bonchev–Trinajstić information content (AvgIpc) is 2.77. The van der Waals surface area contributed by atoms with Gasteiger partial charge in [0.15, 0.2) is 0 Å². The van der Waals surface area contributed by atoms with Gasteiger partial charge in [-0.2, -0.15) is 16.9 Å². The second-order valence-corrected chi connectivity index (χ2v) is 4.97. The number of carboxylic acid groups (broad SMARTS) is 1. The maximum atomic E-state index is 11.6. The lowest BCUT2D eigenvalue weighted by atomic mass is 10.2. The lowest BCUT2D eigenvalue weighted by Gasteiger charge is -2.14. The fourth-order valence-corrected chi connectivity index (χ4v) is 1.90. The first-order valence-corrected chi connectivity index (χ1v) is 7.17. The molecular weight excluding hydrogens is 268 g/mol. The molecule has 0 aliphatic heterocycles. The first-order chi connectivity index (χ1) is 9.02. The summed E-state index contributed by atoms with van der Waals surface area (Å²) in [6.07, 6.45) is 4.06.